The molecule has 0 spiro atoms. The van der Waals surface area contributed by atoms with E-state index in [9.17, 15) is 4.79 Å². The van der Waals surface area contributed by atoms with Crippen molar-refractivity contribution in [3.8, 4) is 11.4 Å². The monoisotopic (exact) mass is 378 g/mol. The largest absolute Gasteiger partial charge is 0.376 e. The van der Waals surface area contributed by atoms with Crippen LogP contribution < -0.4 is 0 Å². The van der Waals surface area contributed by atoms with Gasteiger partial charge in [-0.25, -0.2) is 0 Å². The quantitative estimate of drug-likeness (QED) is 0.625. The summed E-state index contributed by atoms with van der Waals surface area (Å²) in [5.74, 6) is 0.442. The maximum absolute atomic E-state index is 13.0. The predicted octanol–water partition coefficient (Wildman–Crippen LogP) is 1.94. The molecule has 3 aromatic rings. The second kappa shape index (κ2) is 8.71. The number of amides is 1. The predicted molar refractivity (Wildman–Crippen MR) is 102 cm³/mol. The average molecular weight is 378 g/mol. The van der Waals surface area contributed by atoms with Crippen molar-refractivity contribution in [1.82, 2.24) is 30.1 Å². The molecule has 0 aliphatic carbocycles. The highest BCUT2D eigenvalue weighted by Gasteiger charge is 2.23. The van der Waals surface area contributed by atoms with Crippen LogP contribution in [0.15, 0.2) is 54.9 Å². The summed E-state index contributed by atoms with van der Waals surface area (Å²) in [6.45, 7) is 1.85. The molecule has 8 heteroatoms. The van der Waals surface area contributed by atoms with E-state index in [2.05, 4.69) is 20.4 Å². The fourth-order valence-corrected chi connectivity index (χ4v) is 3.23. The van der Waals surface area contributed by atoms with E-state index in [4.69, 9.17) is 4.74 Å². The lowest BCUT2D eigenvalue weighted by Gasteiger charge is -2.25. The fraction of sp³-hybridized carbons (Fsp3) is 0.350. The van der Waals surface area contributed by atoms with Gasteiger partial charge in [0, 0.05) is 37.7 Å². The summed E-state index contributed by atoms with van der Waals surface area (Å²) in [4.78, 5) is 20.2. The van der Waals surface area contributed by atoms with Crippen molar-refractivity contribution in [1.29, 1.82) is 0 Å². The van der Waals surface area contributed by atoms with Crippen molar-refractivity contribution < 1.29 is 9.53 Å². The number of ether oxygens (including phenoxy) is 1. The van der Waals surface area contributed by atoms with Gasteiger partial charge < -0.3 is 9.64 Å². The molecule has 28 heavy (non-hydrogen) atoms. The van der Waals surface area contributed by atoms with Gasteiger partial charge in [0.1, 0.15) is 6.54 Å². The summed E-state index contributed by atoms with van der Waals surface area (Å²) in [5, 5.41) is 12.5. The smallest absolute Gasteiger partial charge is 0.246 e. The molecule has 1 aromatic carbocycles. The first-order valence-corrected chi connectivity index (χ1v) is 9.39. The van der Waals surface area contributed by atoms with Crippen LogP contribution in [-0.2, 0) is 22.6 Å². The van der Waals surface area contributed by atoms with Gasteiger partial charge in [-0.1, -0.05) is 30.3 Å². The average Bonchev–Trinajstić information content (AvgIpc) is 3.41. The molecule has 1 saturated heterocycles. The van der Waals surface area contributed by atoms with E-state index < -0.39 is 0 Å². The number of benzene rings is 1. The van der Waals surface area contributed by atoms with Gasteiger partial charge >= 0.3 is 0 Å². The highest BCUT2D eigenvalue weighted by Crippen LogP contribution is 2.16. The lowest BCUT2D eigenvalue weighted by molar-refractivity contribution is -0.134. The van der Waals surface area contributed by atoms with E-state index in [1.54, 1.807) is 17.3 Å². The molecular weight excluding hydrogens is 356 g/mol. The Balaban J connectivity index is 1.46. The Bertz CT molecular complexity index is 893. The van der Waals surface area contributed by atoms with Gasteiger partial charge in [0.15, 0.2) is 0 Å². The Morgan fingerprint density at radius 1 is 1.18 bits per heavy atom. The molecule has 3 heterocycles. The van der Waals surface area contributed by atoms with Gasteiger partial charge in [0.05, 0.1) is 6.10 Å². The van der Waals surface area contributed by atoms with Gasteiger partial charge in [-0.05, 0) is 35.8 Å². The molecule has 1 aliphatic heterocycles. The molecule has 2 aromatic heterocycles. The van der Waals surface area contributed by atoms with Gasteiger partial charge in [0.2, 0.25) is 11.7 Å². The van der Waals surface area contributed by atoms with Crippen molar-refractivity contribution in [3.63, 3.8) is 0 Å². The van der Waals surface area contributed by atoms with Crippen LogP contribution >= 0.6 is 0 Å². The minimum Gasteiger partial charge on any atom is -0.376 e. The molecular formula is C20H22N6O2. The van der Waals surface area contributed by atoms with Crippen LogP contribution in [0.3, 0.4) is 0 Å². The molecule has 144 valence electrons. The van der Waals surface area contributed by atoms with Crippen LogP contribution in [0, 0.1) is 0 Å². The first kappa shape index (κ1) is 18.2. The highest BCUT2D eigenvalue weighted by molar-refractivity contribution is 5.75. The number of hydrogen-bond donors (Lipinski definition) is 0. The van der Waals surface area contributed by atoms with Crippen molar-refractivity contribution in [2.45, 2.75) is 32.0 Å². The SMILES string of the molecule is O=C(Cn1nnc(-c2ccccc2)n1)N(Cc1ccncc1)C[C@@H]1CCCO1. The highest BCUT2D eigenvalue weighted by atomic mass is 16.5. The van der Waals surface area contributed by atoms with E-state index in [1.165, 1.54) is 4.80 Å². The first-order valence-electron chi connectivity index (χ1n) is 9.39. The molecule has 1 aliphatic rings. The van der Waals surface area contributed by atoms with Crippen molar-refractivity contribution in [2.75, 3.05) is 13.2 Å². The van der Waals surface area contributed by atoms with Crippen LogP contribution in [-0.4, -0.2) is 55.3 Å². The second-order valence-electron chi connectivity index (χ2n) is 6.77. The molecule has 8 nitrogen and oxygen atoms in total. The lowest BCUT2D eigenvalue weighted by Crippen LogP contribution is -2.39. The zero-order valence-electron chi connectivity index (χ0n) is 15.5. The van der Waals surface area contributed by atoms with Gasteiger partial charge in [0.25, 0.3) is 0 Å². The number of carbonyl (C=O) groups is 1. The first-order chi connectivity index (χ1) is 13.8. The molecule has 1 fully saturated rings. The topological polar surface area (TPSA) is 86.0 Å². The van der Waals surface area contributed by atoms with E-state index in [1.807, 2.05) is 42.5 Å². The minimum absolute atomic E-state index is 0.0393. The van der Waals surface area contributed by atoms with Crippen LogP contribution in [0.25, 0.3) is 11.4 Å². The van der Waals surface area contributed by atoms with Gasteiger partial charge in [-0.2, -0.15) is 4.80 Å². The van der Waals surface area contributed by atoms with Crippen molar-refractivity contribution >= 4 is 5.91 Å². The fourth-order valence-electron chi connectivity index (χ4n) is 3.23. The van der Waals surface area contributed by atoms with Gasteiger partial charge in [-0.15, -0.1) is 10.2 Å². The zero-order valence-corrected chi connectivity index (χ0v) is 15.5. The number of hydrogen-bond acceptors (Lipinski definition) is 6. The third-order valence-electron chi connectivity index (χ3n) is 4.69. The second-order valence-corrected chi connectivity index (χ2v) is 6.77. The third-order valence-corrected chi connectivity index (χ3v) is 4.69. The van der Waals surface area contributed by atoms with E-state index in [0.717, 1.165) is 30.6 Å². The van der Waals surface area contributed by atoms with Gasteiger partial charge in [-0.3, -0.25) is 9.78 Å². The number of nitrogens with zero attached hydrogens (tertiary/aromatic N) is 6. The molecule has 0 N–H and O–H groups in total. The Morgan fingerprint density at radius 2 is 2.00 bits per heavy atom. The summed E-state index contributed by atoms with van der Waals surface area (Å²) in [6.07, 6.45) is 5.55. The van der Waals surface area contributed by atoms with Crippen LogP contribution in [0.2, 0.25) is 0 Å². The lowest BCUT2D eigenvalue weighted by atomic mass is 10.2. The Hall–Kier alpha value is -3.13. The van der Waals surface area contributed by atoms with Crippen LogP contribution in [0.4, 0.5) is 0 Å². The van der Waals surface area contributed by atoms with Crippen molar-refractivity contribution in [3.05, 3.63) is 60.4 Å². The summed E-state index contributed by atoms with van der Waals surface area (Å²) >= 11 is 0. The van der Waals surface area contributed by atoms with Crippen molar-refractivity contribution in [2.24, 2.45) is 0 Å². The number of tetrazole rings is 1. The van der Waals surface area contributed by atoms with E-state index in [0.29, 0.717) is 18.9 Å². The van der Waals surface area contributed by atoms with Crippen LogP contribution in [0.5, 0.6) is 0 Å². The van der Waals surface area contributed by atoms with E-state index >= 15 is 0 Å². The third kappa shape index (κ3) is 4.58. The molecule has 0 unspecified atom stereocenters. The maximum atomic E-state index is 13.0. The van der Waals surface area contributed by atoms with E-state index in [-0.39, 0.29) is 18.6 Å². The molecule has 0 radical (unpaired) electrons. The number of carbonyl (C=O) groups excluding carboxylic acids is 1. The number of rotatable bonds is 7. The molecule has 1 amide bonds. The minimum atomic E-state index is -0.0654. The standard InChI is InChI=1S/C20H22N6O2/c27-19(15-26-23-20(22-24-26)17-5-2-1-3-6-17)25(14-18-7-4-12-28-18)13-16-8-10-21-11-9-16/h1-3,5-6,8-11,18H,4,7,12-15H2/t18-/m0/s1. The summed E-state index contributed by atoms with van der Waals surface area (Å²) in [6, 6.07) is 13.4. The van der Waals surface area contributed by atoms with Crippen LogP contribution in [0.1, 0.15) is 18.4 Å². The normalized spacial score (nSPS) is 16.2. The molecule has 1 atom stereocenters. The summed E-state index contributed by atoms with van der Waals surface area (Å²) in [5.41, 5.74) is 1.90. The maximum Gasteiger partial charge on any atom is 0.246 e. The number of pyridine rings is 1. The summed E-state index contributed by atoms with van der Waals surface area (Å²) in [7, 11) is 0. The number of aromatic nitrogens is 5. The Morgan fingerprint density at radius 3 is 2.75 bits per heavy atom. The molecule has 0 saturated carbocycles. The summed E-state index contributed by atoms with van der Waals surface area (Å²) < 4.78 is 5.73. The zero-order chi connectivity index (χ0) is 19.2. The Kier molecular flexibility index (Phi) is 5.67. The molecule has 4 rings (SSSR count). The molecule has 0 bridgehead atoms. The Labute approximate surface area is 163 Å².